The maximum atomic E-state index is 12.1. The van der Waals surface area contributed by atoms with E-state index in [0.29, 0.717) is 24.3 Å². The van der Waals surface area contributed by atoms with Crippen molar-refractivity contribution in [2.75, 3.05) is 7.11 Å². The van der Waals surface area contributed by atoms with Crippen LogP contribution in [-0.2, 0) is 16.6 Å². The number of carbonyl (C=O) groups excluding carboxylic acids is 2. The Bertz CT molecular complexity index is 753. The zero-order valence-electron chi connectivity index (χ0n) is 11.6. The van der Waals surface area contributed by atoms with Crippen LogP contribution in [-0.4, -0.2) is 28.7 Å². The Morgan fingerprint density at radius 3 is 2.86 bits per heavy atom. The summed E-state index contributed by atoms with van der Waals surface area (Å²) >= 11 is 3.45. The van der Waals surface area contributed by atoms with Crippen molar-refractivity contribution in [2.45, 2.75) is 18.8 Å². The number of hydrogen-bond donors (Lipinski definition) is 1. The number of carbonyl (C=O) groups is 2. The third-order valence-corrected chi connectivity index (χ3v) is 4.34. The highest BCUT2D eigenvalue weighted by molar-refractivity contribution is 9.10. The molecule has 1 aliphatic rings. The summed E-state index contributed by atoms with van der Waals surface area (Å²) in [5, 5.41) is 7.72. The van der Waals surface area contributed by atoms with E-state index in [1.165, 1.54) is 0 Å². The normalized spacial score (nSPS) is 18.9. The molecule has 1 aromatic heterocycles. The van der Waals surface area contributed by atoms with Crippen molar-refractivity contribution in [1.29, 1.82) is 0 Å². The molecule has 1 saturated heterocycles. The van der Waals surface area contributed by atoms with Crippen LogP contribution in [0, 0.1) is 0 Å². The number of aryl methyl sites for hydroxylation is 1. The fraction of sp³-hybridized carbons (Fsp3) is 0.357. The zero-order chi connectivity index (χ0) is 15.1. The SMILES string of the molecule is COc1cc2c(C3CCC(=O)NC3=O)nn(C)c2cc1Br. The summed E-state index contributed by atoms with van der Waals surface area (Å²) < 4.78 is 7.87. The fourth-order valence-electron chi connectivity index (χ4n) is 2.65. The Labute approximate surface area is 129 Å². The standard InChI is InChI=1S/C14H14BrN3O3/c1-18-10-6-9(15)11(21-2)5-8(10)13(17-18)7-3-4-12(19)16-14(7)20/h5-7H,3-4H2,1-2H3,(H,16,19,20). The highest BCUT2D eigenvalue weighted by Gasteiger charge is 2.31. The Hall–Kier alpha value is -1.89. The number of fused-ring (bicyclic) bond motifs is 1. The van der Waals surface area contributed by atoms with E-state index in [4.69, 9.17) is 4.74 Å². The molecule has 6 nitrogen and oxygen atoms in total. The maximum Gasteiger partial charge on any atom is 0.235 e. The topological polar surface area (TPSA) is 73.2 Å². The van der Waals surface area contributed by atoms with E-state index >= 15 is 0 Å². The number of ether oxygens (including phenoxy) is 1. The molecule has 2 heterocycles. The molecule has 1 fully saturated rings. The monoisotopic (exact) mass is 351 g/mol. The van der Waals surface area contributed by atoms with Crippen molar-refractivity contribution >= 4 is 38.6 Å². The average molecular weight is 352 g/mol. The van der Waals surface area contributed by atoms with Crippen LogP contribution in [0.15, 0.2) is 16.6 Å². The summed E-state index contributed by atoms with van der Waals surface area (Å²) in [5.74, 6) is -0.230. The molecular weight excluding hydrogens is 338 g/mol. The number of hydrogen-bond acceptors (Lipinski definition) is 4. The molecule has 3 rings (SSSR count). The van der Waals surface area contributed by atoms with Gasteiger partial charge in [-0.2, -0.15) is 5.10 Å². The van der Waals surface area contributed by atoms with Gasteiger partial charge < -0.3 is 4.74 Å². The number of benzene rings is 1. The average Bonchev–Trinajstić information content (AvgIpc) is 2.74. The number of piperidine rings is 1. The second-order valence-electron chi connectivity index (χ2n) is 5.02. The van der Waals surface area contributed by atoms with Gasteiger partial charge in [-0.1, -0.05) is 0 Å². The zero-order valence-corrected chi connectivity index (χ0v) is 13.2. The third kappa shape index (κ3) is 2.31. The van der Waals surface area contributed by atoms with E-state index in [9.17, 15) is 9.59 Å². The number of methoxy groups -OCH3 is 1. The van der Waals surface area contributed by atoms with Gasteiger partial charge in [0, 0.05) is 18.9 Å². The van der Waals surface area contributed by atoms with Gasteiger partial charge in [-0.15, -0.1) is 0 Å². The molecule has 0 bridgehead atoms. The summed E-state index contributed by atoms with van der Waals surface area (Å²) in [6, 6.07) is 3.78. The first-order valence-corrected chi connectivity index (χ1v) is 7.34. The summed E-state index contributed by atoms with van der Waals surface area (Å²) in [5.41, 5.74) is 1.59. The molecule has 0 radical (unpaired) electrons. The van der Waals surface area contributed by atoms with E-state index in [2.05, 4.69) is 26.3 Å². The largest absolute Gasteiger partial charge is 0.496 e. The van der Waals surface area contributed by atoms with Crippen LogP contribution in [0.25, 0.3) is 10.9 Å². The van der Waals surface area contributed by atoms with E-state index in [1.54, 1.807) is 11.8 Å². The fourth-order valence-corrected chi connectivity index (χ4v) is 3.15. The minimum Gasteiger partial charge on any atom is -0.496 e. The Morgan fingerprint density at radius 2 is 2.19 bits per heavy atom. The predicted molar refractivity (Wildman–Crippen MR) is 80.1 cm³/mol. The lowest BCUT2D eigenvalue weighted by molar-refractivity contribution is -0.134. The van der Waals surface area contributed by atoms with Crippen LogP contribution in [0.1, 0.15) is 24.5 Å². The molecule has 1 aromatic carbocycles. The number of nitrogens with zero attached hydrogens (tertiary/aromatic N) is 2. The van der Waals surface area contributed by atoms with E-state index in [-0.39, 0.29) is 11.8 Å². The maximum absolute atomic E-state index is 12.1. The summed E-state index contributed by atoms with van der Waals surface area (Å²) in [6.07, 6.45) is 0.817. The highest BCUT2D eigenvalue weighted by atomic mass is 79.9. The Kier molecular flexibility index (Phi) is 3.44. The lowest BCUT2D eigenvalue weighted by atomic mass is 9.93. The first-order chi connectivity index (χ1) is 10.0. The van der Waals surface area contributed by atoms with Crippen LogP contribution < -0.4 is 10.1 Å². The molecule has 21 heavy (non-hydrogen) atoms. The van der Waals surface area contributed by atoms with Crippen molar-refractivity contribution < 1.29 is 14.3 Å². The minimum absolute atomic E-state index is 0.225. The molecule has 1 N–H and O–H groups in total. The van der Waals surface area contributed by atoms with Crippen molar-refractivity contribution in [1.82, 2.24) is 15.1 Å². The van der Waals surface area contributed by atoms with Gasteiger partial charge in [-0.25, -0.2) is 0 Å². The van der Waals surface area contributed by atoms with E-state index in [1.807, 2.05) is 19.2 Å². The van der Waals surface area contributed by atoms with Gasteiger partial charge in [0.25, 0.3) is 0 Å². The molecular formula is C14H14BrN3O3. The molecule has 1 aliphatic heterocycles. The molecule has 1 atom stereocenters. The molecule has 110 valence electrons. The smallest absolute Gasteiger partial charge is 0.235 e. The highest BCUT2D eigenvalue weighted by Crippen LogP contribution is 2.35. The molecule has 0 saturated carbocycles. The first kappa shape index (κ1) is 14.1. The van der Waals surface area contributed by atoms with Crippen LogP contribution in [0.3, 0.4) is 0 Å². The molecule has 1 unspecified atom stereocenters. The second kappa shape index (κ2) is 5.14. The summed E-state index contributed by atoms with van der Waals surface area (Å²) in [7, 11) is 3.42. The lowest BCUT2D eigenvalue weighted by Gasteiger charge is -2.19. The number of aromatic nitrogens is 2. The van der Waals surface area contributed by atoms with Gasteiger partial charge in [0.2, 0.25) is 11.8 Å². The number of halogens is 1. The molecule has 2 amide bonds. The molecule has 7 heteroatoms. The van der Waals surface area contributed by atoms with Crippen LogP contribution in [0.4, 0.5) is 0 Å². The number of imide groups is 1. The summed E-state index contributed by atoms with van der Waals surface area (Å²) in [4.78, 5) is 23.3. The molecule has 0 spiro atoms. The Morgan fingerprint density at radius 1 is 1.43 bits per heavy atom. The number of nitrogens with one attached hydrogen (secondary N) is 1. The lowest BCUT2D eigenvalue weighted by Crippen LogP contribution is -2.39. The van der Waals surface area contributed by atoms with Crippen molar-refractivity contribution in [2.24, 2.45) is 7.05 Å². The van der Waals surface area contributed by atoms with Gasteiger partial charge in [-0.05, 0) is 34.5 Å². The number of rotatable bonds is 2. The van der Waals surface area contributed by atoms with Crippen molar-refractivity contribution in [3.05, 3.63) is 22.3 Å². The number of amides is 2. The minimum atomic E-state index is -0.405. The summed E-state index contributed by atoms with van der Waals surface area (Å²) in [6.45, 7) is 0. The predicted octanol–water partition coefficient (Wildman–Crippen LogP) is 1.86. The quantitative estimate of drug-likeness (QED) is 0.838. The third-order valence-electron chi connectivity index (χ3n) is 3.72. The van der Waals surface area contributed by atoms with Crippen LogP contribution in [0.2, 0.25) is 0 Å². The van der Waals surface area contributed by atoms with Gasteiger partial charge in [-0.3, -0.25) is 19.6 Å². The van der Waals surface area contributed by atoms with Crippen molar-refractivity contribution in [3.63, 3.8) is 0 Å². The van der Waals surface area contributed by atoms with Gasteiger partial charge in [0.15, 0.2) is 0 Å². The van der Waals surface area contributed by atoms with Crippen LogP contribution >= 0.6 is 15.9 Å². The molecule has 2 aromatic rings. The van der Waals surface area contributed by atoms with Gasteiger partial charge >= 0.3 is 0 Å². The molecule has 0 aliphatic carbocycles. The van der Waals surface area contributed by atoms with Crippen LogP contribution in [0.5, 0.6) is 5.75 Å². The van der Waals surface area contributed by atoms with Gasteiger partial charge in [0.1, 0.15) is 5.75 Å². The second-order valence-corrected chi connectivity index (χ2v) is 5.87. The van der Waals surface area contributed by atoms with Gasteiger partial charge in [0.05, 0.1) is 28.7 Å². The van der Waals surface area contributed by atoms with Crippen molar-refractivity contribution in [3.8, 4) is 5.75 Å². The first-order valence-electron chi connectivity index (χ1n) is 6.55. The van der Waals surface area contributed by atoms with E-state index in [0.717, 1.165) is 15.4 Å². The Balaban J connectivity index is 2.14. The van der Waals surface area contributed by atoms with E-state index < -0.39 is 5.92 Å².